The summed E-state index contributed by atoms with van der Waals surface area (Å²) in [5.41, 5.74) is 0.967. The Labute approximate surface area is 164 Å². The SMILES string of the molecule is O=C([C@@H](Cc1ccccc1)N1C(=O)[C@H]2[C@H]3CC[C@@H](C3)[C@@H]2C1=O)N1CCOCC1. The predicted octanol–water partition coefficient (Wildman–Crippen LogP) is 1.49. The number of fused-ring (bicyclic) bond motifs is 5. The van der Waals surface area contributed by atoms with Crippen LogP contribution in [0.5, 0.6) is 0 Å². The largest absolute Gasteiger partial charge is 0.378 e. The smallest absolute Gasteiger partial charge is 0.246 e. The van der Waals surface area contributed by atoms with Crippen LogP contribution in [0.3, 0.4) is 0 Å². The number of hydrogen-bond donors (Lipinski definition) is 0. The second kappa shape index (κ2) is 6.99. The average molecular weight is 382 g/mol. The minimum atomic E-state index is -0.745. The Kier molecular flexibility index (Phi) is 4.46. The third-order valence-electron chi connectivity index (χ3n) is 7.15. The van der Waals surface area contributed by atoms with Crippen LogP contribution < -0.4 is 0 Å². The summed E-state index contributed by atoms with van der Waals surface area (Å²) in [4.78, 5) is 43.1. The molecule has 2 aliphatic carbocycles. The first-order chi connectivity index (χ1) is 13.6. The summed E-state index contributed by atoms with van der Waals surface area (Å²) in [5, 5.41) is 0. The predicted molar refractivity (Wildman–Crippen MR) is 101 cm³/mol. The lowest BCUT2D eigenvalue weighted by molar-refractivity contribution is -0.154. The molecule has 6 nitrogen and oxygen atoms in total. The molecule has 1 aromatic carbocycles. The van der Waals surface area contributed by atoms with Gasteiger partial charge in [0.2, 0.25) is 17.7 Å². The van der Waals surface area contributed by atoms with Crippen molar-refractivity contribution in [3.05, 3.63) is 35.9 Å². The van der Waals surface area contributed by atoms with Crippen molar-refractivity contribution in [2.24, 2.45) is 23.7 Å². The van der Waals surface area contributed by atoms with Crippen LogP contribution in [0, 0.1) is 23.7 Å². The van der Waals surface area contributed by atoms with Gasteiger partial charge in [-0.25, -0.2) is 0 Å². The van der Waals surface area contributed by atoms with Crippen LogP contribution in [-0.2, 0) is 25.5 Å². The third-order valence-corrected chi connectivity index (χ3v) is 7.15. The third kappa shape index (κ3) is 2.77. The fraction of sp³-hybridized carbons (Fsp3) is 0.591. The maximum absolute atomic E-state index is 13.4. The minimum Gasteiger partial charge on any atom is -0.378 e. The summed E-state index contributed by atoms with van der Waals surface area (Å²) >= 11 is 0. The van der Waals surface area contributed by atoms with Gasteiger partial charge in [-0.15, -0.1) is 0 Å². The molecule has 2 saturated carbocycles. The Hall–Kier alpha value is -2.21. The summed E-state index contributed by atoms with van der Waals surface area (Å²) in [6.07, 6.45) is 3.46. The molecule has 2 saturated heterocycles. The fourth-order valence-corrected chi connectivity index (χ4v) is 5.86. The topological polar surface area (TPSA) is 66.9 Å². The van der Waals surface area contributed by atoms with Gasteiger partial charge in [0, 0.05) is 19.5 Å². The molecule has 2 bridgehead atoms. The van der Waals surface area contributed by atoms with Crippen molar-refractivity contribution >= 4 is 17.7 Å². The molecule has 1 aromatic rings. The monoisotopic (exact) mass is 382 g/mol. The van der Waals surface area contributed by atoms with Crippen LogP contribution in [-0.4, -0.2) is 59.9 Å². The second-order valence-corrected chi connectivity index (χ2v) is 8.57. The lowest BCUT2D eigenvalue weighted by atomic mass is 9.81. The summed E-state index contributed by atoms with van der Waals surface area (Å²) in [6.45, 7) is 2.03. The molecule has 4 aliphatic rings. The van der Waals surface area contributed by atoms with E-state index in [9.17, 15) is 14.4 Å². The molecular weight excluding hydrogens is 356 g/mol. The van der Waals surface area contributed by atoms with Gasteiger partial charge in [0.05, 0.1) is 25.0 Å². The number of amides is 3. The van der Waals surface area contributed by atoms with Gasteiger partial charge >= 0.3 is 0 Å². The van der Waals surface area contributed by atoms with E-state index >= 15 is 0 Å². The molecule has 28 heavy (non-hydrogen) atoms. The highest BCUT2D eigenvalue weighted by Gasteiger charge is 2.62. The van der Waals surface area contributed by atoms with E-state index in [1.807, 2.05) is 30.3 Å². The van der Waals surface area contributed by atoms with E-state index < -0.39 is 6.04 Å². The lowest BCUT2D eigenvalue weighted by Gasteiger charge is -2.34. The molecule has 148 valence electrons. The highest BCUT2D eigenvalue weighted by atomic mass is 16.5. The average Bonchev–Trinajstić information content (AvgIpc) is 3.41. The number of imide groups is 1. The van der Waals surface area contributed by atoms with Gasteiger partial charge in [-0.3, -0.25) is 19.3 Å². The van der Waals surface area contributed by atoms with Gasteiger partial charge < -0.3 is 9.64 Å². The normalized spacial score (nSPS) is 32.7. The van der Waals surface area contributed by atoms with Gasteiger partial charge in [0.15, 0.2) is 0 Å². The van der Waals surface area contributed by atoms with Crippen LogP contribution in [0.15, 0.2) is 30.3 Å². The zero-order chi connectivity index (χ0) is 19.3. The summed E-state index contributed by atoms with van der Waals surface area (Å²) in [5.74, 6) is -0.0701. The van der Waals surface area contributed by atoms with Crippen LogP contribution >= 0.6 is 0 Å². The molecule has 6 heteroatoms. The lowest BCUT2D eigenvalue weighted by Crippen LogP contribution is -2.55. The number of nitrogens with zero attached hydrogens (tertiary/aromatic N) is 2. The van der Waals surface area contributed by atoms with Gasteiger partial charge in [0.1, 0.15) is 6.04 Å². The molecule has 2 heterocycles. The highest BCUT2D eigenvalue weighted by Crippen LogP contribution is 2.56. The highest BCUT2D eigenvalue weighted by molar-refractivity contribution is 6.09. The molecular formula is C22H26N2O4. The Morgan fingerprint density at radius 3 is 2.21 bits per heavy atom. The van der Waals surface area contributed by atoms with Crippen molar-refractivity contribution in [1.82, 2.24) is 9.80 Å². The molecule has 0 aromatic heterocycles. The Balaban J connectivity index is 1.46. The van der Waals surface area contributed by atoms with Crippen molar-refractivity contribution in [3.8, 4) is 0 Å². The molecule has 5 atom stereocenters. The Bertz CT molecular complexity index is 761. The minimum absolute atomic E-state index is 0.107. The van der Waals surface area contributed by atoms with E-state index in [0.29, 0.717) is 44.6 Å². The molecule has 2 aliphatic heterocycles. The van der Waals surface area contributed by atoms with Gasteiger partial charge in [-0.2, -0.15) is 0 Å². The first kappa shape index (κ1) is 17.9. The quantitative estimate of drug-likeness (QED) is 0.740. The van der Waals surface area contributed by atoms with E-state index in [1.165, 1.54) is 4.90 Å². The molecule has 0 N–H and O–H groups in total. The van der Waals surface area contributed by atoms with Crippen molar-refractivity contribution in [2.75, 3.05) is 26.3 Å². The van der Waals surface area contributed by atoms with Crippen LogP contribution in [0.2, 0.25) is 0 Å². The zero-order valence-corrected chi connectivity index (χ0v) is 16.0. The summed E-state index contributed by atoms with van der Waals surface area (Å²) in [6, 6.07) is 8.94. The van der Waals surface area contributed by atoms with E-state index in [4.69, 9.17) is 4.74 Å². The van der Waals surface area contributed by atoms with E-state index in [0.717, 1.165) is 24.8 Å². The molecule has 3 amide bonds. The summed E-state index contributed by atoms with van der Waals surface area (Å²) < 4.78 is 5.37. The number of rotatable bonds is 4. The number of carbonyl (C=O) groups is 3. The van der Waals surface area contributed by atoms with E-state index in [1.54, 1.807) is 4.90 Å². The zero-order valence-electron chi connectivity index (χ0n) is 16.0. The Morgan fingerprint density at radius 2 is 1.61 bits per heavy atom. The molecule has 5 rings (SSSR count). The van der Waals surface area contributed by atoms with Crippen LogP contribution in [0.25, 0.3) is 0 Å². The molecule has 0 radical (unpaired) electrons. The maximum Gasteiger partial charge on any atom is 0.246 e. The van der Waals surface area contributed by atoms with Crippen molar-refractivity contribution < 1.29 is 19.1 Å². The van der Waals surface area contributed by atoms with E-state index in [2.05, 4.69) is 0 Å². The number of hydrogen-bond acceptors (Lipinski definition) is 4. The molecule has 0 spiro atoms. The van der Waals surface area contributed by atoms with Gasteiger partial charge in [0.25, 0.3) is 0 Å². The van der Waals surface area contributed by atoms with Crippen molar-refractivity contribution in [3.63, 3.8) is 0 Å². The number of benzene rings is 1. The first-order valence-corrected chi connectivity index (χ1v) is 10.4. The van der Waals surface area contributed by atoms with Crippen LogP contribution in [0.1, 0.15) is 24.8 Å². The van der Waals surface area contributed by atoms with Crippen molar-refractivity contribution in [2.45, 2.75) is 31.7 Å². The fourth-order valence-electron chi connectivity index (χ4n) is 5.86. The van der Waals surface area contributed by atoms with Crippen LogP contribution in [0.4, 0.5) is 0 Å². The van der Waals surface area contributed by atoms with Crippen molar-refractivity contribution in [1.29, 1.82) is 0 Å². The number of carbonyl (C=O) groups excluding carboxylic acids is 3. The first-order valence-electron chi connectivity index (χ1n) is 10.4. The summed E-state index contributed by atoms with van der Waals surface area (Å²) in [7, 11) is 0. The Morgan fingerprint density at radius 1 is 1.00 bits per heavy atom. The number of ether oxygens (including phenoxy) is 1. The van der Waals surface area contributed by atoms with E-state index in [-0.39, 0.29) is 29.6 Å². The number of likely N-dealkylation sites (tertiary alicyclic amines) is 1. The molecule has 0 unspecified atom stereocenters. The van der Waals surface area contributed by atoms with Gasteiger partial charge in [-0.1, -0.05) is 30.3 Å². The maximum atomic E-state index is 13.4. The standard InChI is InChI=1S/C22H26N2O4/c25-20(23-8-10-28-11-9-23)17(12-14-4-2-1-3-5-14)24-21(26)18-15-6-7-16(13-15)19(18)22(24)27/h1-5,15-19H,6-13H2/t15-,16-,17+,18-,19-/m0/s1. The van der Waals surface area contributed by atoms with Gasteiger partial charge in [-0.05, 0) is 36.7 Å². The number of morpholine rings is 1. The molecule has 4 fully saturated rings. The second-order valence-electron chi connectivity index (χ2n) is 8.57.